The Bertz CT molecular complexity index is 891. The molecule has 1 aromatic rings. The van der Waals surface area contributed by atoms with Crippen LogP contribution in [0.1, 0.15) is 83.6 Å². The van der Waals surface area contributed by atoms with Crippen LogP contribution in [0.3, 0.4) is 0 Å². The van der Waals surface area contributed by atoms with Crippen molar-refractivity contribution in [3.8, 4) is 0 Å². The molecule has 0 saturated heterocycles. The molecule has 30 heavy (non-hydrogen) atoms. The molecule has 7 atom stereocenters. The van der Waals surface area contributed by atoms with E-state index in [2.05, 4.69) is 13.8 Å². The normalized spacial score (nSPS) is 43.5. The van der Waals surface area contributed by atoms with E-state index in [4.69, 9.17) is 4.18 Å². The molecule has 4 heteroatoms. The minimum absolute atomic E-state index is 0.161. The zero-order valence-corrected chi connectivity index (χ0v) is 19.7. The van der Waals surface area contributed by atoms with E-state index in [0.29, 0.717) is 16.7 Å². The van der Waals surface area contributed by atoms with E-state index in [9.17, 15) is 8.42 Å². The van der Waals surface area contributed by atoms with Gasteiger partial charge in [-0.2, -0.15) is 8.42 Å². The molecule has 0 aliphatic heterocycles. The van der Waals surface area contributed by atoms with Crippen LogP contribution >= 0.6 is 0 Å². The number of hydrogen-bond acceptors (Lipinski definition) is 3. The van der Waals surface area contributed by atoms with Gasteiger partial charge < -0.3 is 0 Å². The van der Waals surface area contributed by atoms with E-state index in [-0.39, 0.29) is 11.0 Å². The average molecular weight is 431 g/mol. The van der Waals surface area contributed by atoms with Crippen LogP contribution in [0.2, 0.25) is 0 Å². The third-order valence-corrected chi connectivity index (χ3v) is 11.3. The Morgan fingerprint density at radius 2 is 1.67 bits per heavy atom. The molecule has 4 fully saturated rings. The molecule has 0 aromatic heterocycles. The highest BCUT2D eigenvalue weighted by Gasteiger charge is 2.58. The van der Waals surface area contributed by atoms with Crippen LogP contribution in [0.15, 0.2) is 29.2 Å². The summed E-state index contributed by atoms with van der Waals surface area (Å²) in [7, 11) is -3.68. The van der Waals surface area contributed by atoms with E-state index in [0.717, 1.165) is 42.6 Å². The highest BCUT2D eigenvalue weighted by Crippen LogP contribution is 2.66. The van der Waals surface area contributed by atoms with Crippen LogP contribution in [-0.2, 0) is 14.3 Å². The molecule has 0 bridgehead atoms. The van der Waals surface area contributed by atoms with Crippen molar-refractivity contribution >= 4 is 10.1 Å². The van der Waals surface area contributed by atoms with Gasteiger partial charge in [0.05, 0.1) is 11.0 Å². The Labute approximate surface area is 183 Å². The number of aryl methyl sites for hydroxylation is 1. The number of benzene rings is 1. The molecule has 1 aromatic carbocycles. The lowest BCUT2D eigenvalue weighted by molar-refractivity contribution is -0.117. The lowest BCUT2D eigenvalue weighted by Crippen LogP contribution is -2.53. The van der Waals surface area contributed by atoms with Crippen molar-refractivity contribution in [1.82, 2.24) is 0 Å². The molecule has 0 spiro atoms. The Hall–Kier alpha value is -0.870. The highest BCUT2D eigenvalue weighted by molar-refractivity contribution is 7.86. The molecule has 0 amide bonds. The first-order chi connectivity index (χ1) is 14.2. The number of hydrogen-bond donors (Lipinski definition) is 0. The second kappa shape index (κ2) is 7.33. The highest BCUT2D eigenvalue weighted by atomic mass is 32.2. The predicted octanol–water partition coefficient (Wildman–Crippen LogP) is 6.50. The van der Waals surface area contributed by atoms with Crippen molar-refractivity contribution in [2.45, 2.75) is 96.0 Å². The Kier molecular flexibility index (Phi) is 5.13. The quantitative estimate of drug-likeness (QED) is 0.514. The monoisotopic (exact) mass is 430 g/mol. The molecule has 0 heterocycles. The first-order valence-electron chi connectivity index (χ1n) is 12.2. The molecule has 166 valence electrons. The maximum Gasteiger partial charge on any atom is 0.297 e. The van der Waals surface area contributed by atoms with Gasteiger partial charge in [-0.25, -0.2) is 0 Å². The van der Waals surface area contributed by atoms with Gasteiger partial charge in [-0.3, -0.25) is 4.18 Å². The van der Waals surface area contributed by atoms with Crippen molar-refractivity contribution in [3.63, 3.8) is 0 Å². The molecule has 4 saturated carbocycles. The lowest BCUT2D eigenvalue weighted by Gasteiger charge is -2.60. The summed E-state index contributed by atoms with van der Waals surface area (Å²) in [5, 5.41) is 0. The zero-order valence-electron chi connectivity index (χ0n) is 18.9. The van der Waals surface area contributed by atoms with Crippen molar-refractivity contribution in [2.75, 3.05) is 0 Å². The van der Waals surface area contributed by atoms with E-state index < -0.39 is 10.1 Å². The van der Waals surface area contributed by atoms with Gasteiger partial charge in [0, 0.05) is 0 Å². The summed E-state index contributed by atoms with van der Waals surface area (Å²) in [5.41, 5.74) is 2.04. The minimum Gasteiger partial charge on any atom is -0.263 e. The van der Waals surface area contributed by atoms with Crippen LogP contribution in [0.25, 0.3) is 0 Å². The molecule has 4 aliphatic carbocycles. The summed E-state index contributed by atoms with van der Waals surface area (Å²) in [6, 6.07) is 7.03. The molecule has 0 N–H and O–H groups in total. The van der Waals surface area contributed by atoms with Crippen molar-refractivity contribution in [1.29, 1.82) is 0 Å². The third kappa shape index (κ3) is 3.37. The Balaban J connectivity index is 1.30. The van der Waals surface area contributed by atoms with Gasteiger partial charge in [0.2, 0.25) is 0 Å². The fourth-order valence-electron chi connectivity index (χ4n) is 8.24. The SMILES string of the molecule is Cc1ccc(S(=O)(=O)O[C@@H]2CC[C@@]3(C)C(CCC4C5CCC[C@@]5(C)CCC43)C2)cc1. The largest absolute Gasteiger partial charge is 0.297 e. The first-order valence-corrected chi connectivity index (χ1v) is 13.6. The summed E-state index contributed by atoms with van der Waals surface area (Å²) < 4.78 is 31.4. The second-order valence-corrected chi connectivity index (χ2v) is 13.1. The summed E-state index contributed by atoms with van der Waals surface area (Å²) in [6.45, 7) is 7.07. The van der Waals surface area contributed by atoms with Crippen LogP contribution in [0, 0.1) is 41.4 Å². The molecule has 0 radical (unpaired) electrons. The van der Waals surface area contributed by atoms with Crippen molar-refractivity contribution in [3.05, 3.63) is 29.8 Å². The van der Waals surface area contributed by atoms with E-state index in [1.54, 1.807) is 12.1 Å². The van der Waals surface area contributed by atoms with E-state index >= 15 is 0 Å². The summed E-state index contributed by atoms with van der Waals surface area (Å²) >= 11 is 0. The van der Waals surface area contributed by atoms with Gasteiger partial charge >= 0.3 is 0 Å². The van der Waals surface area contributed by atoms with Gasteiger partial charge in [-0.05, 0) is 111 Å². The second-order valence-electron chi connectivity index (χ2n) is 11.5. The lowest BCUT2D eigenvalue weighted by atomic mass is 9.45. The maximum atomic E-state index is 12.8. The van der Waals surface area contributed by atoms with Crippen molar-refractivity contribution < 1.29 is 12.6 Å². The molecule has 5 rings (SSSR count). The standard InChI is InChI=1S/C26H38O3S/c1-18-6-9-21(10-7-18)30(27,28)29-20-12-16-26(3)19(17-20)8-11-22-23-5-4-14-25(23,2)15-13-24(22)26/h6-7,9-10,19-20,22-24H,4-5,8,11-17H2,1-3H3/t19?,20-,22?,23?,24?,25+,26+/m1/s1. The number of rotatable bonds is 3. The molecule has 4 unspecified atom stereocenters. The molecule has 3 nitrogen and oxygen atoms in total. The van der Waals surface area contributed by atoms with Gasteiger partial charge in [-0.15, -0.1) is 0 Å². The van der Waals surface area contributed by atoms with E-state index in [1.165, 1.54) is 44.9 Å². The molecular weight excluding hydrogens is 392 g/mol. The van der Waals surface area contributed by atoms with Gasteiger partial charge in [-0.1, -0.05) is 38.0 Å². The van der Waals surface area contributed by atoms with Gasteiger partial charge in [0.25, 0.3) is 10.1 Å². The fourth-order valence-corrected chi connectivity index (χ4v) is 9.35. The topological polar surface area (TPSA) is 43.4 Å². The van der Waals surface area contributed by atoms with Crippen LogP contribution < -0.4 is 0 Å². The molecule has 4 aliphatic rings. The Morgan fingerprint density at radius 3 is 2.43 bits per heavy atom. The van der Waals surface area contributed by atoms with Crippen LogP contribution in [0.5, 0.6) is 0 Å². The average Bonchev–Trinajstić information content (AvgIpc) is 3.10. The minimum atomic E-state index is -3.68. The van der Waals surface area contributed by atoms with Gasteiger partial charge in [0.1, 0.15) is 0 Å². The fraction of sp³-hybridized carbons (Fsp3) is 0.769. The smallest absolute Gasteiger partial charge is 0.263 e. The number of fused-ring (bicyclic) bond motifs is 5. The van der Waals surface area contributed by atoms with Crippen LogP contribution in [0.4, 0.5) is 0 Å². The maximum absolute atomic E-state index is 12.8. The predicted molar refractivity (Wildman–Crippen MR) is 120 cm³/mol. The third-order valence-electron chi connectivity index (χ3n) is 9.97. The van der Waals surface area contributed by atoms with Crippen molar-refractivity contribution in [2.24, 2.45) is 34.5 Å². The summed E-state index contributed by atoms with van der Waals surface area (Å²) in [6.07, 6.45) is 12.5. The molecular formula is C26H38O3S. The van der Waals surface area contributed by atoms with Gasteiger partial charge in [0.15, 0.2) is 0 Å². The first kappa shape index (κ1) is 21.0. The zero-order chi connectivity index (χ0) is 21.1. The Morgan fingerprint density at radius 1 is 0.900 bits per heavy atom. The van der Waals surface area contributed by atoms with Crippen LogP contribution in [-0.4, -0.2) is 14.5 Å². The summed E-state index contributed by atoms with van der Waals surface area (Å²) in [4.78, 5) is 0.290. The summed E-state index contributed by atoms with van der Waals surface area (Å²) in [5.74, 6) is 3.28. The van der Waals surface area contributed by atoms with E-state index in [1.807, 2.05) is 19.1 Å².